The van der Waals surface area contributed by atoms with E-state index in [1.165, 1.54) is 23.9 Å². The van der Waals surface area contributed by atoms with Crippen molar-refractivity contribution >= 4 is 17.7 Å². The summed E-state index contributed by atoms with van der Waals surface area (Å²) in [5, 5.41) is 13.4. The van der Waals surface area contributed by atoms with Crippen LogP contribution in [-0.2, 0) is 4.79 Å². The number of hydrogen-bond acceptors (Lipinski definition) is 4. The number of benzene rings is 1. The highest BCUT2D eigenvalue weighted by atomic mass is 32.2. The molecule has 1 atom stereocenters. The lowest BCUT2D eigenvalue weighted by molar-refractivity contribution is -0.121. The molecule has 2 aromatic rings. The van der Waals surface area contributed by atoms with Crippen LogP contribution in [-0.4, -0.2) is 28.3 Å². The van der Waals surface area contributed by atoms with Crippen molar-refractivity contribution in [1.82, 2.24) is 10.3 Å². The quantitative estimate of drug-likeness (QED) is 0.770. The first-order valence-corrected chi connectivity index (χ1v) is 7.88. The van der Waals surface area contributed by atoms with Crippen molar-refractivity contribution in [2.45, 2.75) is 17.6 Å². The molecule has 2 N–H and O–H groups in total. The molecule has 0 spiro atoms. The Morgan fingerprint density at radius 1 is 1.27 bits per heavy atom. The van der Waals surface area contributed by atoms with Crippen molar-refractivity contribution in [2.24, 2.45) is 0 Å². The third-order valence-corrected chi connectivity index (χ3v) is 3.92. The highest BCUT2D eigenvalue weighted by molar-refractivity contribution is 7.99. The van der Waals surface area contributed by atoms with Gasteiger partial charge in [-0.3, -0.25) is 4.79 Å². The van der Waals surface area contributed by atoms with Crippen molar-refractivity contribution in [2.75, 3.05) is 12.3 Å². The number of nitrogens with zero attached hydrogens (tertiary/aromatic N) is 1. The molecule has 0 aliphatic rings. The van der Waals surface area contributed by atoms with Crippen LogP contribution in [0.4, 0.5) is 4.39 Å². The second-order valence-electron chi connectivity index (χ2n) is 4.61. The number of halogens is 1. The van der Waals surface area contributed by atoms with Crippen molar-refractivity contribution in [3.05, 3.63) is 60.0 Å². The number of aromatic nitrogens is 1. The summed E-state index contributed by atoms with van der Waals surface area (Å²) in [7, 11) is 0. The van der Waals surface area contributed by atoms with Crippen molar-refractivity contribution in [3.63, 3.8) is 0 Å². The van der Waals surface area contributed by atoms with Crippen LogP contribution in [0.15, 0.2) is 53.7 Å². The van der Waals surface area contributed by atoms with Gasteiger partial charge in [0.05, 0.1) is 11.1 Å². The molecular formula is C16H17FN2O2S. The third-order valence-electron chi connectivity index (χ3n) is 2.97. The molecule has 0 saturated heterocycles. The van der Waals surface area contributed by atoms with E-state index in [2.05, 4.69) is 10.3 Å². The van der Waals surface area contributed by atoms with E-state index in [4.69, 9.17) is 0 Å². The van der Waals surface area contributed by atoms with Gasteiger partial charge in [0.2, 0.25) is 5.91 Å². The summed E-state index contributed by atoms with van der Waals surface area (Å²) in [6.07, 6.45) is 0.965. The van der Waals surface area contributed by atoms with Gasteiger partial charge in [0.15, 0.2) is 0 Å². The highest BCUT2D eigenvalue weighted by Crippen LogP contribution is 2.16. The summed E-state index contributed by atoms with van der Waals surface area (Å²) in [5.74, 6) is -0.0627. The molecule has 4 nitrogen and oxygen atoms in total. The molecule has 0 unspecified atom stereocenters. The molecule has 1 heterocycles. The maximum Gasteiger partial charge on any atom is 0.220 e. The molecule has 6 heteroatoms. The van der Waals surface area contributed by atoms with Gasteiger partial charge in [-0.25, -0.2) is 9.37 Å². The van der Waals surface area contributed by atoms with Crippen LogP contribution >= 0.6 is 11.8 Å². The molecule has 0 radical (unpaired) electrons. The zero-order valence-electron chi connectivity index (χ0n) is 11.9. The number of aliphatic hydroxyl groups is 1. The monoisotopic (exact) mass is 320 g/mol. The van der Waals surface area contributed by atoms with E-state index in [1.54, 1.807) is 18.3 Å². The molecule has 0 bridgehead atoms. The fourth-order valence-corrected chi connectivity index (χ4v) is 2.64. The van der Waals surface area contributed by atoms with E-state index in [0.29, 0.717) is 12.2 Å². The first-order valence-electron chi connectivity index (χ1n) is 6.90. The lowest BCUT2D eigenvalue weighted by Crippen LogP contribution is -2.28. The molecule has 1 amide bonds. The van der Waals surface area contributed by atoms with Gasteiger partial charge in [-0.05, 0) is 18.2 Å². The zero-order valence-corrected chi connectivity index (χ0v) is 12.7. The predicted octanol–water partition coefficient (Wildman–Crippen LogP) is 2.55. The number of amides is 1. The Morgan fingerprint density at radius 3 is 2.77 bits per heavy atom. The van der Waals surface area contributed by atoms with Crippen molar-refractivity contribution in [3.8, 4) is 0 Å². The SMILES string of the molecule is O=C(CCSc1ccccn1)NC[C@H](O)c1ccccc1F. The van der Waals surface area contributed by atoms with Crippen LogP contribution in [0.2, 0.25) is 0 Å². The lowest BCUT2D eigenvalue weighted by atomic mass is 10.1. The second kappa shape index (κ2) is 8.51. The molecule has 22 heavy (non-hydrogen) atoms. The number of rotatable bonds is 7. The Kier molecular flexibility index (Phi) is 6.36. The van der Waals surface area contributed by atoms with Gasteiger partial charge in [0.1, 0.15) is 5.82 Å². The molecule has 1 aromatic carbocycles. The number of carbonyl (C=O) groups excluding carboxylic acids is 1. The molecule has 1 aromatic heterocycles. The largest absolute Gasteiger partial charge is 0.386 e. The van der Waals surface area contributed by atoms with Gasteiger partial charge < -0.3 is 10.4 Å². The number of nitrogens with one attached hydrogen (secondary N) is 1. The van der Waals surface area contributed by atoms with Crippen LogP contribution in [0.3, 0.4) is 0 Å². The second-order valence-corrected chi connectivity index (χ2v) is 5.72. The smallest absolute Gasteiger partial charge is 0.220 e. The van der Waals surface area contributed by atoms with E-state index >= 15 is 0 Å². The average Bonchev–Trinajstić information content (AvgIpc) is 2.54. The Morgan fingerprint density at radius 2 is 2.05 bits per heavy atom. The summed E-state index contributed by atoms with van der Waals surface area (Å²) in [6.45, 7) is -0.00593. The molecule has 116 valence electrons. The summed E-state index contributed by atoms with van der Waals surface area (Å²) < 4.78 is 13.5. The van der Waals surface area contributed by atoms with E-state index < -0.39 is 11.9 Å². The Hall–Kier alpha value is -1.92. The topological polar surface area (TPSA) is 62.2 Å². The van der Waals surface area contributed by atoms with E-state index in [9.17, 15) is 14.3 Å². The summed E-state index contributed by atoms with van der Waals surface area (Å²) in [5.41, 5.74) is 0.186. The van der Waals surface area contributed by atoms with Crippen LogP contribution in [0.25, 0.3) is 0 Å². The molecule has 2 rings (SSSR count). The van der Waals surface area contributed by atoms with Crippen molar-refractivity contribution in [1.29, 1.82) is 0 Å². The maximum atomic E-state index is 13.5. The highest BCUT2D eigenvalue weighted by Gasteiger charge is 2.13. The van der Waals surface area contributed by atoms with Gasteiger partial charge >= 0.3 is 0 Å². The number of thioether (sulfide) groups is 1. The lowest BCUT2D eigenvalue weighted by Gasteiger charge is -2.12. The fraction of sp³-hybridized carbons (Fsp3) is 0.250. The zero-order chi connectivity index (χ0) is 15.8. The Balaban J connectivity index is 1.70. The minimum atomic E-state index is -1.05. The first kappa shape index (κ1) is 16.5. The normalized spacial score (nSPS) is 11.9. The van der Waals surface area contributed by atoms with Crippen LogP contribution < -0.4 is 5.32 Å². The van der Waals surface area contributed by atoms with E-state index in [1.807, 2.05) is 18.2 Å². The van der Waals surface area contributed by atoms with E-state index in [0.717, 1.165) is 5.03 Å². The summed E-state index contributed by atoms with van der Waals surface area (Å²) in [6, 6.07) is 11.6. The van der Waals surface area contributed by atoms with Gasteiger partial charge in [-0.2, -0.15) is 0 Å². The molecule has 0 fully saturated rings. The van der Waals surface area contributed by atoms with Crippen LogP contribution in [0, 0.1) is 5.82 Å². The maximum absolute atomic E-state index is 13.5. The Bertz CT molecular complexity index is 610. The Labute approximate surface area is 132 Å². The summed E-state index contributed by atoms with van der Waals surface area (Å²) >= 11 is 1.49. The van der Waals surface area contributed by atoms with E-state index in [-0.39, 0.29) is 18.0 Å². The van der Waals surface area contributed by atoms with Gasteiger partial charge in [0, 0.05) is 30.5 Å². The number of pyridine rings is 1. The predicted molar refractivity (Wildman–Crippen MR) is 83.9 cm³/mol. The average molecular weight is 320 g/mol. The minimum Gasteiger partial charge on any atom is -0.386 e. The standard InChI is InChI=1S/C16H17FN2O2S/c17-13-6-2-1-5-12(13)14(20)11-19-15(21)8-10-22-16-7-3-4-9-18-16/h1-7,9,14,20H,8,10-11H2,(H,19,21)/t14-/m0/s1. The molecule has 0 aliphatic heterocycles. The first-order chi connectivity index (χ1) is 10.7. The number of aliphatic hydroxyl groups excluding tert-OH is 1. The molecule has 0 saturated carbocycles. The number of carbonyl (C=O) groups is 1. The third kappa shape index (κ3) is 5.13. The molecule has 0 aliphatic carbocycles. The van der Waals surface area contributed by atoms with Crippen LogP contribution in [0.1, 0.15) is 18.1 Å². The fourth-order valence-electron chi connectivity index (χ4n) is 1.83. The minimum absolute atomic E-state index is 0.00593. The van der Waals surface area contributed by atoms with Crippen molar-refractivity contribution < 1.29 is 14.3 Å². The van der Waals surface area contributed by atoms with Gasteiger partial charge in [-0.15, -0.1) is 11.8 Å². The van der Waals surface area contributed by atoms with Crippen LogP contribution in [0.5, 0.6) is 0 Å². The number of hydrogen-bond donors (Lipinski definition) is 2. The summed E-state index contributed by atoms with van der Waals surface area (Å²) in [4.78, 5) is 15.9. The van der Waals surface area contributed by atoms with Gasteiger partial charge in [0.25, 0.3) is 0 Å². The van der Waals surface area contributed by atoms with Gasteiger partial charge in [-0.1, -0.05) is 24.3 Å². The molecular weight excluding hydrogens is 303 g/mol.